The summed E-state index contributed by atoms with van der Waals surface area (Å²) in [6.07, 6.45) is 3.02. The fourth-order valence-electron chi connectivity index (χ4n) is 3.58. The molecule has 2 aromatic heterocycles. The number of hydrogen-bond donors (Lipinski definition) is 2. The molecule has 0 aliphatic carbocycles. The molecule has 0 unspecified atom stereocenters. The van der Waals surface area contributed by atoms with E-state index in [0.29, 0.717) is 22.1 Å². The first-order chi connectivity index (χ1) is 16.4. The molecular formula is C24H19N5O3S2. The first kappa shape index (κ1) is 21.8. The number of sulfonamides is 1. The highest BCUT2D eigenvalue weighted by atomic mass is 32.2. The number of nitrogens with one attached hydrogen (secondary N) is 2. The maximum atomic E-state index is 13.1. The Morgan fingerprint density at radius 1 is 1.06 bits per heavy atom. The van der Waals surface area contributed by atoms with Gasteiger partial charge in [-0.15, -0.1) is 11.3 Å². The summed E-state index contributed by atoms with van der Waals surface area (Å²) in [5, 5.41) is 7.11. The van der Waals surface area contributed by atoms with Crippen LogP contribution in [-0.2, 0) is 10.0 Å². The molecule has 5 aromatic rings. The van der Waals surface area contributed by atoms with Crippen LogP contribution in [0.15, 0.2) is 93.0 Å². The zero-order valence-electron chi connectivity index (χ0n) is 18.0. The quantitative estimate of drug-likeness (QED) is 0.339. The molecule has 0 aliphatic heterocycles. The number of aromatic amines is 1. The Balaban J connectivity index is 1.42. The van der Waals surface area contributed by atoms with Crippen LogP contribution in [0.2, 0.25) is 0 Å². The summed E-state index contributed by atoms with van der Waals surface area (Å²) in [4.78, 5) is 21.6. The molecule has 10 heteroatoms. The molecule has 8 nitrogen and oxygen atoms in total. The predicted octanol–water partition coefficient (Wildman–Crippen LogP) is 4.64. The van der Waals surface area contributed by atoms with Crippen molar-refractivity contribution >= 4 is 49.2 Å². The lowest BCUT2D eigenvalue weighted by Crippen LogP contribution is -2.17. The molecule has 3 aromatic carbocycles. The van der Waals surface area contributed by atoms with Gasteiger partial charge in [-0.25, -0.2) is 18.1 Å². The molecule has 170 valence electrons. The molecule has 2 N–H and O–H groups in total. The molecule has 0 saturated heterocycles. The van der Waals surface area contributed by atoms with E-state index >= 15 is 0 Å². The maximum Gasteiger partial charge on any atom is 0.280 e. The molecule has 0 bridgehead atoms. The van der Waals surface area contributed by atoms with Gasteiger partial charge in [0.05, 0.1) is 21.8 Å². The van der Waals surface area contributed by atoms with Crippen molar-refractivity contribution in [2.24, 2.45) is 4.99 Å². The molecule has 0 saturated carbocycles. The second-order valence-electron chi connectivity index (χ2n) is 7.48. The van der Waals surface area contributed by atoms with E-state index in [-0.39, 0.29) is 10.5 Å². The van der Waals surface area contributed by atoms with Gasteiger partial charge >= 0.3 is 0 Å². The van der Waals surface area contributed by atoms with Gasteiger partial charge in [0.2, 0.25) is 0 Å². The molecule has 0 fully saturated rings. The third-order valence-electron chi connectivity index (χ3n) is 5.27. The Morgan fingerprint density at radius 2 is 1.82 bits per heavy atom. The van der Waals surface area contributed by atoms with Crippen LogP contribution >= 0.6 is 11.3 Å². The SMILES string of the molecule is Cc1[nH]n(-c2cccc3ccccc23)c(=O)c1C=Nc1ccc(S(=O)(=O)Nc2nccs2)cc1. The van der Waals surface area contributed by atoms with E-state index in [1.165, 1.54) is 40.6 Å². The van der Waals surface area contributed by atoms with Crippen molar-refractivity contribution in [1.82, 2.24) is 14.8 Å². The lowest BCUT2D eigenvalue weighted by molar-refractivity contribution is 0.601. The van der Waals surface area contributed by atoms with Crippen LogP contribution < -0.4 is 10.3 Å². The Labute approximate surface area is 199 Å². The lowest BCUT2D eigenvalue weighted by atomic mass is 10.1. The minimum absolute atomic E-state index is 0.0952. The number of aromatic nitrogens is 3. The van der Waals surface area contributed by atoms with E-state index in [4.69, 9.17) is 0 Å². The van der Waals surface area contributed by atoms with Crippen molar-refractivity contribution in [2.45, 2.75) is 11.8 Å². The predicted molar refractivity (Wildman–Crippen MR) is 135 cm³/mol. The average molecular weight is 490 g/mol. The van der Waals surface area contributed by atoms with Gasteiger partial charge in [0.25, 0.3) is 15.6 Å². The monoisotopic (exact) mass is 489 g/mol. The Hall–Kier alpha value is -4.02. The molecule has 2 heterocycles. The van der Waals surface area contributed by atoms with Gasteiger partial charge in [0.15, 0.2) is 5.13 Å². The van der Waals surface area contributed by atoms with E-state index in [2.05, 4.69) is 19.8 Å². The molecule has 34 heavy (non-hydrogen) atoms. The molecule has 5 rings (SSSR count). The summed E-state index contributed by atoms with van der Waals surface area (Å²) in [6.45, 7) is 1.81. The highest BCUT2D eigenvalue weighted by Gasteiger charge is 2.16. The second-order valence-corrected chi connectivity index (χ2v) is 10.1. The van der Waals surface area contributed by atoms with Crippen LogP contribution in [0.25, 0.3) is 16.5 Å². The molecule has 0 amide bonds. The first-order valence-electron chi connectivity index (χ1n) is 10.3. The number of hydrogen-bond acceptors (Lipinski definition) is 6. The van der Waals surface area contributed by atoms with E-state index in [0.717, 1.165) is 16.5 Å². The summed E-state index contributed by atoms with van der Waals surface area (Å²) in [6, 6.07) is 19.7. The van der Waals surface area contributed by atoms with Crippen LogP contribution in [0, 0.1) is 6.92 Å². The topological polar surface area (TPSA) is 109 Å². The summed E-state index contributed by atoms with van der Waals surface area (Å²) < 4.78 is 28.9. The Kier molecular flexibility index (Phi) is 5.60. The van der Waals surface area contributed by atoms with Crippen LogP contribution in [0.3, 0.4) is 0 Å². The normalized spacial score (nSPS) is 11.9. The van der Waals surface area contributed by atoms with Gasteiger partial charge in [-0.3, -0.25) is 19.6 Å². The molecule has 0 aliphatic rings. The van der Waals surface area contributed by atoms with Gasteiger partial charge < -0.3 is 0 Å². The van der Waals surface area contributed by atoms with Crippen molar-refractivity contribution in [2.75, 3.05) is 4.72 Å². The number of anilines is 1. The molecule has 0 atom stereocenters. The fourth-order valence-corrected chi connectivity index (χ4v) is 5.37. The van der Waals surface area contributed by atoms with Gasteiger partial charge in [-0.1, -0.05) is 36.4 Å². The average Bonchev–Trinajstić information content (AvgIpc) is 3.44. The highest BCUT2D eigenvalue weighted by Crippen LogP contribution is 2.22. The summed E-state index contributed by atoms with van der Waals surface area (Å²) in [5.74, 6) is 0. The van der Waals surface area contributed by atoms with E-state index in [1.807, 2.05) is 49.4 Å². The summed E-state index contributed by atoms with van der Waals surface area (Å²) >= 11 is 1.20. The summed E-state index contributed by atoms with van der Waals surface area (Å²) in [5.41, 5.74) is 2.16. The maximum absolute atomic E-state index is 13.1. The number of benzene rings is 3. The van der Waals surface area contributed by atoms with Crippen LogP contribution in [0.5, 0.6) is 0 Å². The minimum atomic E-state index is -3.74. The fraction of sp³-hybridized carbons (Fsp3) is 0.0417. The largest absolute Gasteiger partial charge is 0.295 e. The zero-order valence-corrected chi connectivity index (χ0v) is 19.6. The minimum Gasteiger partial charge on any atom is -0.295 e. The van der Waals surface area contributed by atoms with Crippen LogP contribution in [-0.4, -0.2) is 29.4 Å². The molecule has 0 spiro atoms. The smallest absolute Gasteiger partial charge is 0.280 e. The van der Waals surface area contributed by atoms with Gasteiger partial charge in [0.1, 0.15) is 0 Å². The number of fused-ring (bicyclic) bond motifs is 1. The third-order valence-corrected chi connectivity index (χ3v) is 7.44. The Morgan fingerprint density at radius 3 is 2.59 bits per heavy atom. The first-order valence-corrected chi connectivity index (χ1v) is 12.6. The number of H-pyrrole nitrogens is 1. The Bertz CT molecular complexity index is 1660. The number of nitrogens with zero attached hydrogens (tertiary/aromatic N) is 3. The zero-order chi connectivity index (χ0) is 23.7. The van der Waals surface area contributed by atoms with Crippen LogP contribution in [0.1, 0.15) is 11.3 Å². The highest BCUT2D eigenvalue weighted by molar-refractivity contribution is 7.93. The van der Waals surface area contributed by atoms with E-state index < -0.39 is 10.0 Å². The standard InChI is InChI=1S/C24H19N5O3S2/c1-16-21(23(30)29(27-16)22-8-4-6-17-5-2-3-7-20(17)22)15-26-18-9-11-19(12-10-18)34(31,32)28-24-25-13-14-33-24/h2-15,27H,1H3,(H,25,28). The number of aryl methyl sites for hydroxylation is 1. The lowest BCUT2D eigenvalue weighted by Gasteiger charge is -2.06. The van der Waals surface area contributed by atoms with Gasteiger partial charge in [-0.2, -0.15) is 0 Å². The molecular weight excluding hydrogens is 470 g/mol. The van der Waals surface area contributed by atoms with E-state index in [9.17, 15) is 13.2 Å². The number of thiazole rings is 1. The summed E-state index contributed by atoms with van der Waals surface area (Å²) in [7, 11) is -3.74. The van der Waals surface area contributed by atoms with Crippen molar-refractivity contribution in [3.05, 3.63) is 99.9 Å². The van der Waals surface area contributed by atoms with Crippen molar-refractivity contribution in [1.29, 1.82) is 0 Å². The van der Waals surface area contributed by atoms with Crippen molar-refractivity contribution in [3.8, 4) is 5.69 Å². The number of aliphatic imine (C=N–C) groups is 1. The van der Waals surface area contributed by atoms with Crippen molar-refractivity contribution < 1.29 is 8.42 Å². The van der Waals surface area contributed by atoms with Crippen molar-refractivity contribution in [3.63, 3.8) is 0 Å². The van der Waals surface area contributed by atoms with Gasteiger partial charge in [-0.05, 0) is 42.6 Å². The second kappa shape index (κ2) is 8.73. The van der Waals surface area contributed by atoms with Gasteiger partial charge in [0, 0.05) is 28.9 Å². The number of rotatable bonds is 6. The molecule has 0 radical (unpaired) electrons. The van der Waals surface area contributed by atoms with E-state index in [1.54, 1.807) is 17.5 Å². The third kappa shape index (κ3) is 4.16. The van der Waals surface area contributed by atoms with Crippen LogP contribution in [0.4, 0.5) is 10.8 Å².